The molecule has 0 radical (unpaired) electrons. The van der Waals surface area contributed by atoms with E-state index in [-0.39, 0.29) is 0 Å². The number of benzene rings is 2. The van der Waals surface area contributed by atoms with Gasteiger partial charge in [0.1, 0.15) is 12.4 Å². The van der Waals surface area contributed by atoms with Gasteiger partial charge < -0.3 is 15.4 Å². The minimum absolute atomic E-state index is 0.525. The van der Waals surface area contributed by atoms with Crippen LogP contribution in [0.4, 0.5) is 0 Å². The Morgan fingerprint density at radius 3 is 2.28 bits per heavy atom. The summed E-state index contributed by atoms with van der Waals surface area (Å²) in [5.74, 6) is 2.47. The van der Waals surface area contributed by atoms with Crippen LogP contribution in [-0.4, -0.2) is 50.8 Å². The zero-order valence-electron chi connectivity index (χ0n) is 18.6. The van der Waals surface area contributed by atoms with Gasteiger partial charge in [0.2, 0.25) is 0 Å². The smallest absolute Gasteiger partial charge is 0.120 e. The fourth-order valence-corrected chi connectivity index (χ4v) is 5.23. The van der Waals surface area contributed by atoms with E-state index < -0.39 is 0 Å². The number of hydrogen-bond acceptors (Lipinski definition) is 4. The average molecular weight is 519 g/mol. The molecule has 0 amide bonds. The van der Waals surface area contributed by atoms with Crippen LogP contribution in [0.5, 0.6) is 5.75 Å². The second kappa shape index (κ2) is 11.7. The molecule has 4 rings (SSSR count). The lowest BCUT2D eigenvalue weighted by molar-refractivity contribution is 0.143. The van der Waals surface area contributed by atoms with Gasteiger partial charge in [-0.05, 0) is 65.6 Å². The SMILES string of the molecule is C=CCOc1cc(CCc2ccc(Cl)cc2Br)cc(CN(CC2CNC2)CC2CNC2)c1. The summed E-state index contributed by atoms with van der Waals surface area (Å²) in [6.45, 7) is 12.2. The van der Waals surface area contributed by atoms with Gasteiger partial charge >= 0.3 is 0 Å². The second-order valence-electron chi connectivity index (χ2n) is 9.06. The molecule has 0 bridgehead atoms. The van der Waals surface area contributed by atoms with Gasteiger partial charge in [-0.25, -0.2) is 0 Å². The number of halogens is 2. The Balaban J connectivity index is 1.47. The molecule has 4 nitrogen and oxygen atoms in total. The van der Waals surface area contributed by atoms with Crippen LogP contribution in [0.25, 0.3) is 0 Å². The molecule has 0 saturated carbocycles. The minimum atomic E-state index is 0.525. The van der Waals surface area contributed by atoms with Crippen LogP contribution in [-0.2, 0) is 19.4 Å². The fourth-order valence-electron chi connectivity index (χ4n) is 4.35. The van der Waals surface area contributed by atoms with Crippen molar-refractivity contribution in [3.8, 4) is 5.75 Å². The van der Waals surface area contributed by atoms with Crippen molar-refractivity contribution < 1.29 is 4.74 Å². The Morgan fingerprint density at radius 2 is 1.69 bits per heavy atom. The summed E-state index contributed by atoms with van der Waals surface area (Å²) in [4.78, 5) is 2.64. The van der Waals surface area contributed by atoms with Crippen LogP contribution in [0.15, 0.2) is 53.5 Å². The molecule has 0 atom stereocenters. The van der Waals surface area contributed by atoms with E-state index in [1.165, 1.54) is 16.7 Å². The number of nitrogens with zero attached hydrogens (tertiary/aromatic N) is 1. The lowest BCUT2D eigenvalue weighted by Gasteiger charge is -2.37. The van der Waals surface area contributed by atoms with E-state index in [0.717, 1.165) is 85.7 Å². The molecule has 2 fully saturated rings. The van der Waals surface area contributed by atoms with Crippen molar-refractivity contribution in [3.63, 3.8) is 0 Å². The molecule has 2 aromatic carbocycles. The van der Waals surface area contributed by atoms with Gasteiger partial charge in [0.15, 0.2) is 0 Å². The van der Waals surface area contributed by atoms with Gasteiger partial charge in [-0.2, -0.15) is 0 Å². The first-order valence-corrected chi connectivity index (χ1v) is 12.7. The van der Waals surface area contributed by atoms with Gasteiger partial charge in [0.05, 0.1) is 0 Å². The quantitative estimate of drug-likeness (QED) is 0.400. The topological polar surface area (TPSA) is 36.5 Å². The predicted molar refractivity (Wildman–Crippen MR) is 137 cm³/mol. The van der Waals surface area contributed by atoms with Crippen molar-refractivity contribution >= 4 is 27.5 Å². The Bertz CT molecular complexity index is 898. The Labute approximate surface area is 205 Å². The highest BCUT2D eigenvalue weighted by molar-refractivity contribution is 9.10. The Hall–Kier alpha value is -1.37. The van der Waals surface area contributed by atoms with Gasteiger partial charge in [-0.15, -0.1) is 0 Å². The van der Waals surface area contributed by atoms with Gasteiger partial charge in [-0.3, -0.25) is 4.90 Å². The van der Waals surface area contributed by atoms with Crippen molar-refractivity contribution in [1.29, 1.82) is 0 Å². The van der Waals surface area contributed by atoms with Gasteiger partial charge in [0.25, 0.3) is 0 Å². The molecule has 0 aliphatic carbocycles. The molecule has 6 heteroatoms. The van der Waals surface area contributed by atoms with Crippen molar-refractivity contribution in [2.24, 2.45) is 11.8 Å². The summed E-state index contributed by atoms with van der Waals surface area (Å²) in [6, 6.07) is 12.8. The maximum absolute atomic E-state index is 6.11. The average Bonchev–Trinajstić information content (AvgIpc) is 2.70. The van der Waals surface area contributed by atoms with Gasteiger partial charge in [0, 0.05) is 55.3 Å². The second-order valence-corrected chi connectivity index (χ2v) is 10.4. The molecular weight excluding hydrogens is 486 g/mol. The summed E-state index contributed by atoms with van der Waals surface area (Å²) >= 11 is 9.76. The summed E-state index contributed by atoms with van der Waals surface area (Å²) in [5.41, 5.74) is 3.90. The molecule has 2 aliphatic heterocycles. The molecule has 0 aromatic heterocycles. The monoisotopic (exact) mass is 517 g/mol. The van der Waals surface area contributed by atoms with Crippen LogP contribution in [0.1, 0.15) is 16.7 Å². The minimum Gasteiger partial charge on any atom is -0.490 e. The van der Waals surface area contributed by atoms with Crippen LogP contribution >= 0.6 is 27.5 Å². The highest BCUT2D eigenvalue weighted by atomic mass is 79.9. The van der Waals surface area contributed by atoms with Crippen molar-refractivity contribution in [2.45, 2.75) is 19.4 Å². The number of rotatable bonds is 12. The highest BCUT2D eigenvalue weighted by Gasteiger charge is 2.25. The number of aryl methyl sites for hydroxylation is 2. The third kappa shape index (κ3) is 6.82. The van der Waals surface area contributed by atoms with Crippen LogP contribution in [0.3, 0.4) is 0 Å². The van der Waals surface area contributed by atoms with Crippen LogP contribution in [0.2, 0.25) is 5.02 Å². The molecule has 32 heavy (non-hydrogen) atoms. The lowest BCUT2D eigenvalue weighted by Crippen LogP contribution is -2.52. The number of hydrogen-bond donors (Lipinski definition) is 2. The molecule has 0 unspecified atom stereocenters. The lowest BCUT2D eigenvalue weighted by atomic mass is 9.98. The highest BCUT2D eigenvalue weighted by Crippen LogP contribution is 2.25. The molecule has 2 aromatic rings. The van der Waals surface area contributed by atoms with E-state index in [2.05, 4.69) is 62.3 Å². The zero-order chi connectivity index (χ0) is 22.3. The largest absolute Gasteiger partial charge is 0.490 e. The Morgan fingerprint density at radius 1 is 1.00 bits per heavy atom. The molecular formula is C26H33BrClN3O. The molecule has 2 saturated heterocycles. The normalized spacial score (nSPS) is 16.6. The number of nitrogens with one attached hydrogen (secondary N) is 2. The van der Waals surface area contributed by atoms with Gasteiger partial charge in [-0.1, -0.05) is 52.3 Å². The molecule has 0 spiro atoms. The standard InChI is InChI=1S/C26H33BrClN3O/c1-2-7-32-25-9-19(3-4-23-5-6-24(28)11-26(23)27)8-20(10-25)16-31(17-21-12-29-13-21)18-22-14-30-15-22/h2,5-6,8-11,21-22,29-30H,1,3-4,7,12-18H2. The van der Waals surface area contributed by atoms with E-state index in [1.54, 1.807) is 6.08 Å². The molecule has 2 N–H and O–H groups in total. The van der Waals surface area contributed by atoms with E-state index in [0.29, 0.717) is 6.61 Å². The summed E-state index contributed by atoms with van der Waals surface area (Å²) in [6.07, 6.45) is 3.71. The van der Waals surface area contributed by atoms with Crippen LogP contribution < -0.4 is 15.4 Å². The first kappa shape index (κ1) is 23.8. The first-order chi connectivity index (χ1) is 15.6. The summed E-state index contributed by atoms with van der Waals surface area (Å²) in [5, 5.41) is 7.58. The first-order valence-electron chi connectivity index (χ1n) is 11.5. The molecule has 2 heterocycles. The van der Waals surface area contributed by atoms with E-state index in [9.17, 15) is 0 Å². The van der Waals surface area contributed by atoms with Crippen LogP contribution in [0, 0.1) is 11.8 Å². The summed E-state index contributed by atoms with van der Waals surface area (Å²) < 4.78 is 7.02. The molecule has 2 aliphatic rings. The third-order valence-corrected chi connectivity index (χ3v) is 7.24. The van der Waals surface area contributed by atoms with E-state index in [4.69, 9.17) is 16.3 Å². The van der Waals surface area contributed by atoms with Crippen molar-refractivity contribution in [3.05, 3.63) is 75.2 Å². The van der Waals surface area contributed by atoms with E-state index >= 15 is 0 Å². The predicted octanol–water partition coefficient (Wildman–Crippen LogP) is 4.69. The fraction of sp³-hybridized carbons (Fsp3) is 0.462. The zero-order valence-corrected chi connectivity index (χ0v) is 20.9. The van der Waals surface area contributed by atoms with Crippen molar-refractivity contribution in [2.75, 3.05) is 45.9 Å². The number of ether oxygens (including phenoxy) is 1. The summed E-state index contributed by atoms with van der Waals surface area (Å²) in [7, 11) is 0. The van der Waals surface area contributed by atoms with E-state index in [1.807, 2.05) is 12.1 Å². The molecule has 172 valence electrons. The maximum Gasteiger partial charge on any atom is 0.120 e. The maximum atomic E-state index is 6.11. The van der Waals surface area contributed by atoms with Crippen molar-refractivity contribution in [1.82, 2.24) is 15.5 Å². The third-order valence-electron chi connectivity index (χ3n) is 6.26. The Kier molecular flexibility index (Phi) is 8.67.